The average molecular weight is 279 g/mol. The highest BCUT2D eigenvalue weighted by molar-refractivity contribution is 6.02. The van der Waals surface area contributed by atoms with E-state index in [0.717, 1.165) is 0 Å². The summed E-state index contributed by atoms with van der Waals surface area (Å²) in [5, 5.41) is 14.1. The van der Waals surface area contributed by atoms with E-state index in [0.29, 0.717) is 5.69 Å². The van der Waals surface area contributed by atoms with Gasteiger partial charge >= 0.3 is 5.97 Å². The van der Waals surface area contributed by atoms with Crippen LogP contribution in [0.25, 0.3) is 0 Å². The molecule has 1 aromatic rings. The maximum Gasteiger partial charge on any atom is 0.337 e. The second kappa shape index (κ2) is 6.67. The normalized spacial score (nSPS) is 11.6. The molecule has 0 aliphatic heterocycles. The van der Waals surface area contributed by atoms with Crippen LogP contribution in [-0.4, -0.2) is 28.9 Å². The average Bonchev–Trinajstić information content (AvgIpc) is 2.28. The first-order valence-corrected chi connectivity index (χ1v) is 6.00. The topological polar surface area (TPSA) is 122 Å². The molecule has 2 amide bonds. The van der Waals surface area contributed by atoms with Crippen LogP contribution in [0.1, 0.15) is 30.6 Å². The third kappa shape index (κ3) is 4.69. The van der Waals surface area contributed by atoms with Gasteiger partial charge in [0.15, 0.2) is 0 Å². The molecule has 1 unspecified atom stereocenters. The number of rotatable bonds is 5. The number of nitrogens with one attached hydrogen (secondary N) is 2. The summed E-state index contributed by atoms with van der Waals surface area (Å²) in [6.45, 7) is 3.00. The Morgan fingerprint density at radius 1 is 1.30 bits per heavy atom. The lowest BCUT2D eigenvalue weighted by molar-refractivity contribution is -0.116. The van der Waals surface area contributed by atoms with E-state index in [2.05, 4.69) is 10.6 Å². The molecule has 7 nitrogen and oxygen atoms in total. The number of nitrogens with two attached hydrogens (primary N) is 1. The van der Waals surface area contributed by atoms with Crippen LogP contribution in [0.2, 0.25) is 0 Å². The van der Waals surface area contributed by atoms with Crippen LogP contribution >= 0.6 is 0 Å². The van der Waals surface area contributed by atoms with Crippen LogP contribution < -0.4 is 16.4 Å². The lowest BCUT2D eigenvalue weighted by atomic mass is 10.1. The van der Waals surface area contributed by atoms with Crippen LogP contribution in [0.15, 0.2) is 18.2 Å². The molecule has 0 radical (unpaired) electrons. The molecular formula is C13H17N3O4. The molecular weight excluding hydrogens is 262 g/mol. The fourth-order valence-corrected chi connectivity index (χ4v) is 1.60. The molecule has 0 aromatic heterocycles. The van der Waals surface area contributed by atoms with Crippen molar-refractivity contribution in [2.75, 3.05) is 10.6 Å². The molecule has 1 atom stereocenters. The minimum atomic E-state index is -1.20. The highest BCUT2D eigenvalue weighted by Crippen LogP contribution is 2.21. The van der Waals surface area contributed by atoms with E-state index in [1.165, 1.54) is 25.1 Å². The number of amides is 2. The molecule has 0 aliphatic carbocycles. The van der Waals surface area contributed by atoms with Gasteiger partial charge < -0.3 is 21.5 Å². The number of carbonyl (C=O) groups excluding carboxylic acids is 2. The molecule has 0 saturated heterocycles. The highest BCUT2D eigenvalue weighted by Gasteiger charge is 2.14. The SMILES string of the molecule is CC(=O)Nc1ccc(NC(=O)CC(C)N)c(C(=O)O)c1. The quantitative estimate of drug-likeness (QED) is 0.641. The van der Waals surface area contributed by atoms with Gasteiger partial charge in [0.25, 0.3) is 0 Å². The zero-order valence-corrected chi connectivity index (χ0v) is 11.3. The number of aromatic carboxylic acids is 1. The van der Waals surface area contributed by atoms with Gasteiger partial charge in [0.1, 0.15) is 0 Å². The van der Waals surface area contributed by atoms with Gasteiger partial charge in [-0.3, -0.25) is 9.59 Å². The van der Waals surface area contributed by atoms with E-state index in [9.17, 15) is 14.4 Å². The third-order valence-electron chi connectivity index (χ3n) is 2.35. The van der Waals surface area contributed by atoms with E-state index >= 15 is 0 Å². The van der Waals surface area contributed by atoms with Gasteiger partial charge in [-0.15, -0.1) is 0 Å². The molecule has 0 fully saturated rings. The summed E-state index contributed by atoms with van der Waals surface area (Å²) in [5.41, 5.74) is 5.91. The van der Waals surface area contributed by atoms with Gasteiger partial charge in [-0.25, -0.2) is 4.79 Å². The summed E-state index contributed by atoms with van der Waals surface area (Å²) in [6.07, 6.45) is 0.0898. The van der Waals surface area contributed by atoms with Crippen LogP contribution in [0.4, 0.5) is 11.4 Å². The number of hydrogen-bond donors (Lipinski definition) is 4. The Kier molecular flexibility index (Phi) is 5.22. The van der Waals surface area contributed by atoms with Crippen molar-refractivity contribution in [3.8, 4) is 0 Å². The lowest BCUT2D eigenvalue weighted by Gasteiger charge is -2.11. The van der Waals surface area contributed by atoms with Gasteiger partial charge in [-0.2, -0.15) is 0 Å². The largest absolute Gasteiger partial charge is 0.478 e. The fourth-order valence-electron chi connectivity index (χ4n) is 1.60. The van der Waals surface area contributed by atoms with E-state index in [1.807, 2.05) is 0 Å². The van der Waals surface area contributed by atoms with Crippen LogP contribution in [0, 0.1) is 0 Å². The maximum absolute atomic E-state index is 11.6. The zero-order chi connectivity index (χ0) is 15.3. The monoisotopic (exact) mass is 279 g/mol. The maximum atomic E-state index is 11.6. The standard InChI is InChI=1S/C13H17N3O4/c1-7(14)5-12(18)16-11-4-3-9(15-8(2)17)6-10(11)13(19)20/h3-4,6-7H,5,14H2,1-2H3,(H,15,17)(H,16,18)(H,19,20). The molecule has 1 aromatic carbocycles. The van der Waals surface area contributed by atoms with Crippen molar-refractivity contribution in [2.24, 2.45) is 5.73 Å². The van der Waals surface area contributed by atoms with E-state index < -0.39 is 5.97 Å². The highest BCUT2D eigenvalue weighted by atomic mass is 16.4. The summed E-state index contributed by atoms with van der Waals surface area (Å²) in [4.78, 5) is 33.7. The van der Waals surface area contributed by atoms with Gasteiger partial charge in [0, 0.05) is 25.1 Å². The number of carboxylic acid groups (broad SMARTS) is 1. The smallest absolute Gasteiger partial charge is 0.337 e. The molecule has 5 N–H and O–H groups in total. The van der Waals surface area contributed by atoms with Crippen molar-refractivity contribution < 1.29 is 19.5 Å². The Morgan fingerprint density at radius 3 is 2.45 bits per heavy atom. The molecule has 108 valence electrons. The predicted octanol–water partition coefficient (Wildman–Crippen LogP) is 1.02. The molecule has 0 saturated carbocycles. The summed E-state index contributed by atoms with van der Waals surface area (Å²) in [5.74, 6) is -1.88. The first-order chi connectivity index (χ1) is 9.29. The molecule has 20 heavy (non-hydrogen) atoms. The van der Waals surface area contributed by atoms with Crippen LogP contribution in [-0.2, 0) is 9.59 Å². The Morgan fingerprint density at radius 2 is 1.95 bits per heavy atom. The number of hydrogen-bond acceptors (Lipinski definition) is 4. The first-order valence-electron chi connectivity index (χ1n) is 6.00. The van der Waals surface area contributed by atoms with E-state index in [1.54, 1.807) is 6.92 Å². The second-order valence-electron chi connectivity index (χ2n) is 4.48. The molecule has 7 heteroatoms. The zero-order valence-electron chi connectivity index (χ0n) is 11.3. The lowest BCUT2D eigenvalue weighted by Crippen LogP contribution is -2.24. The van der Waals surface area contributed by atoms with Crippen molar-refractivity contribution in [1.82, 2.24) is 0 Å². The summed E-state index contributed by atoms with van der Waals surface area (Å²) >= 11 is 0. The van der Waals surface area contributed by atoms with Crippen LogP contribution in [0.5, 0.6) is 0 Å². The molecule has 0 aliphatic rings. The number of anilines is 2. The minimum absolute atomic E-state index is 0.0898. The second-order valence-corrected chi connectivity index (χ2v) is 4.48. The minimum Gasteiger partial charge on any atom is -0.478 e. The predicted molar refractivity (Wildman–Crippen MR) is 74.6 cm³/mol. The summed E-state index contributed by atoms with van der Waals surface area (Å²) in [6, 6.07) is 3.90. The van der Waals surface area contributed by atoms with Crippen molar-refractivity contribution in [2.45, 2.75) is 26.3 Å². The Labute approximate surface area is 116 Å². The Balaban J connectivity index is 2.98. The van der Waals surface area contributed by atoms with Gasteiger partial charge in [-0.05, 0) is 25.1 Å². The molecule has 0 heterocycles. The Hall–Kier alpha value is -2.41. The van der Waals surface area contributed by atoms with Crippen molar-refractivity contribution in [3.05, 3.63) is 23.8 Å². The van der Waals surface area contributed by atoms with Gasteiger partial charge in [0.05, 0.1) is 11.3 Å². The van der Waals surface area contributed by atoms with Crippen molar-refractivity contribution >= 4 is 29.2 Å². The van der Waals surface area contributed by atoms with Crippen LogP contribution in [0.3, 0.4) is 0 Å². The van der Waals surface area contributed by atoms with E-state index in [4.69, 9.17) is 10.8 Å². The molecule has 0 spiro atoms. The first kappa shape index (κ1) is 15.6. The summed E-state index contributed by atoms with van der Waals surface area (Å²) in [7, 11) is 0. The van der Waals surface area contributed by atoms with Gasteiger partial charge in [-0.1, -0.05) is 0 Å². The van der Waals surface area contributed by atoms with Gasteiger partial charge in [0.2, 0.25) is 11.8 Å². The number of benzene rings is 1. The molecule has 1 rings (SSSR count). The third-order valence-corrected chi connectivity index (χ3v) is 2.35. The van der Waals surface area contributed by atoms with Crippen molar-refractivity contribution in [1.29, 1.82) is 0 Å². The fraction of sp³-hybridized carbons (Fsp3) is 0.308. The van der Waals surface area contributed by atoms with Crippen molar-refractivity contribution in [3.63, 3.8) is 0 Å². The number of carboxylic acids is 1. The Bertz CT molecular complexity index is 540. The van der Waals surface area contributed by atoms with E-state index in [-0.39, 0.29) is 35.5 Å². The summed E-state index contributed by atoms with van der Waals surface area (Å²) < 4.78 is 0. The number of carbonyl (C=O) groups is 3. The molecule has 0 bridgehead atoms.